The van der Waals surface area contributed by atoms with Gasteiger partial charge in [0.25, 0.3) is 0 Å². The number of carbonyl (C=O) groups is 2. The number of halogens is 2. The van der Waals surface area contributed by atoms with E-state index in [4.69, 9.17) is 16.3 Å². The fourth-order valence-electron chi connectivity index (χ4n) is 3.42. The second-order valence-corrected chi connectivity index (χ2v) is 9.41. The van der Waals surface area contributed by atoms with Crippen molar-refractivity contribution >= 4 is 44.6 Å². The normalized spacial score (nSPS) is 14.3. The highest BCUT2D eigenvalue weighted by atomic mass is 35.5. The number of carbonyl (C=O) groups excluding carboxylic acids is 2. The van der Waals surface area contributed by atoms with E-state index in [9.17, 15) is 22.4 Å². The first kappa shape index (κ1) is 22.7. The van der Waals surface area contributed by atoms with E-state index in [0.717, 1.165) is 24.4 Å². The van der Waals surface area contributed by atoms with Gasteiger partial charge in [0.15, 0.2) is 0 Å². The minimum atomic E-state index is -4.25. The standard InChI is InChI=1S/C24H17ClFNO5S/c1-2-32-24(29)16-4-3-5-19(12-16)27-14-22(23(28)15-6-8-17(25)9-7-15)33(30,31)21-11-10-18(26)13-20(21)27/h3-14H,2H2,1H3. The lowest BCUT2D eigenvalue weighted by Gasteiger charge is -2.29. The van der Waals surface area contributed by atoms with E-state index in [1.54, 1.807) is 19.1 Å². The van der Waals surface area contributed by atoms with Crippen LogP contribution in [0.1, 0.15) is 27.6 Å². The molecule has 3 aromatic carbocycles. The van der Waals surface area contributed by atoms with E-state index in [1.165, 1.54) is 41.3 Å². The SMILES string of the molecule is CCOC(=O)c1cccc(N2C=C(C(=O)c3ccc(Cl)cc3)S(=O)(=O)c3ccc(F)cc32)c1. The number of fused-ring (bicyclic) bond motifs is 1. The van der Waals surface area contributed by atoms with E-state index in [2.05, 4.69) is 0 Å². The van der Waals surface area contributed by atoms with Crippen LogP contribution in [0.25, 0.3) is 0 Å². The van der Waals surface area contributed by atoms with Gasteiger partial charge in [-0.3, -0.25) is 4.79 Å². The molecule has 1 aliphatic rings. The predicted molar refractivity (Wildman–Crippen MR) is 122 cm³/mol. The highest BCUT2D eigenvalue weighted by molar-refractivity contribution is 7.96. The van der Waals surface area contributed by atoms with Crippen molar-refractivity contribution < 1.29 is 27.1 Å². The maximum atomic E-state index is 14.1. The summed E-state index contributed by atoms with van der Waals surface area (Å²) in [5.74, 6) is -1.96. The molecular weight excluding hydrogens is 469 g/mol. The Balaban J connectivity index is 1.90. The van der Waals surface area contributed by atoms with Gasteiger partial charge in [-0.2, -0.15) is 0 Å². The highest BCUT2D eigenvalue weighted by Crippen LogP contribution is 2.41. The number of anilines is 2. The van der Waals surface area contributed by atoms with Crippen molar-refractivity contribution in [2.75, 3.05) is 11.5 Å². The first-order valence-electron chi connectivity index (χ1n) is 9.85. The van der Waals surface area contributed by atoms with Crippen LogP contribution < -0.4 is 4.90 Å². The number of Topliss-reactive ketones (excluding diaryl/α,β-unsaturated/α-hetero) is 1. The number of benzene rings is 3. The lowest BCUT2D eigenvalue weighted by atomic mass is 10.1. The molecule has 168 valence electrons. The zero-order chi connectivity index (χ0) is 23.8. The van der Waals surface area contributed by atoms with Crippen LogP contribution in [0.3, 0.4) is 0 Å². The van der Waals surface area contributed by atoms with Crippen molar-refractivity contribution in [3.8, 4) is 0 Å². The molecule has 0 radical (unpaired) electrons. The molecule has 0 atom stereocenters. The van der Waals surface area contributed by atoms with Crippen molar-refractivity contribution in [1.82, 2.24) is 0 Å². The van der Waals surface area contributed by atoms with Gasteiger partial charge in [-0.05, 0) is 67.6 Å². The van der Waals surface area contributed by atoms with Crippen LogP contribution in [0.5, 0.6) is 0 Å². The third-order valence-electron chi connectivity index (χ3n) is 4.97. The lowest BCUT2D eigenvalue weighted by Crippen LogP contribution is -2.26. The monoisotopic (exact) mass is 485 g/mol. The van der Waals surface area contributed by atoms with Gasteiger partial charge in [-0.1, -0.05) is 17.7 Å². The molecule has 33 heavy (non-hydrogen) atoms. The molecule has 0 aliphatic carbocycles. The van der Waals surface area contributed by atoms with Crippen LogP contribution in [-0.2, 0) is 14.6 Å². The summed E-state index contributed by atoms with van der Waals surface area (Å²) in [6.45, 7) is 1.85. The molecule has 0 fully saturated rings. The highest BCUT2D eigenvalue weighted by Gasteiger charge is 2.36. The van der Waals surface area contributed by atoms with Crippen LogP contribution in [0.4, 0.5) is 15.8 Å². The lowest BCUT2D eigenvalue weighted by molar-refractivity contribution is 0.0526. The van der Waals surface area contributed by atoms with E-state index in [-0.39, 0.29) is 28.3 Å². The predicted octanol–water partition coefficient (Wildman–Crippen LogP) is 5.31. The van der Waals surface area contributed by atoms with Crippen molar-refractivity contribution in [3.63, 3.8) is 0 Å². The second-order valence-electron chi connectivity index (χ2n) is 7.09. The Labute approximate surface area is 194 Å². The molecule has 0 saturated carbocycles. The van der Waals surface area contributed by atoms with E-state index >= 15 is 0 Å². The Morgan fingerprint density at radius 3 is 2.42 bits per heavy atom. The minimum Gasteiger partial charge on any atom is -0.462 e. The fourth-order valence-corrected chi connectivity index (χ4v) is 5.06. The molecular formula is C24H17ClFNO5S. The molecule has 0 spiro atoms. The molecule has 0 amide bonds. The topological polar surface area (TPSA) is 80.8 Å². The second kappa shape index (κ2) is 8.80. The molecule has 9 heteroatoms. The fraction of sp³-hybridized carbons (Fsp3) is 0.0833. The zero-order valence-electron chi connectivity index (χ0n) is 17.3. The summed E-state index contributed by atoms with van der Waals surface area (Å²) in [6.07, 6.45) is 1.14. The molecule has 1 heterocycles. The Morgan fingerprint density at radius 1 is 1.00 bits per heavy atom. The van der Waals surface area contributed by atoms with Crippen LogP contribution in [-0.4, -0.2) is 26.8 Å². The maximum Gasteiger partial charge on any atom is 0.338 e. The molecule has 3 aromatic rings. The van der Waals surface area contributed by atoms with Gasteiger partial charge < -0.3 is 9.64 Å². The van der Waals surface area contributed by atoms with Crippen molar-refractivity contribution in [2.45, 2.75) is 11.8 Å². The van der Waals surface area contributed by atoms with E-state index in [0.29, 0.717) is 10.7 Å². The molecule has 0 unspecified atom stereocenters. The number of ether oxygens (including phenoxy) is 1. The quantitative estimate of drug-likeness (QED) is 0.277. The minimum absolute atomic E-state index is 0.0173. The number of esters is 1. The molecule has 4 rings (SSSR count). The van der Waals surface area contributed by atoms with Gasteiger partial charge in [-0.25, -0.2) is 17.6 Å². The third-order valence-corrected chi connectivity index (χ3v) is 7.02. The van der Waals surface area contributed by atoms with E-state index in [1.807, 2.05) is 0 Å². The van der Waals surface area contributed by atoms with Crippen LogP contribution >= 0.6 is 11.6 Å². The third kappa shape index (κ3) is 4.27. The smallest absolute Gasteiger partial charge is 0.338 e. The number of rotatable bonds is 5. The number of sulfone groups is 1. The van der Waals surface area contributed by atoms with Gasteiger partial charge in [0.05, 0.1) is 22.8 Å². The van der Waals surface area contributed by atoms with Crippen molar-refractivity contribution in [2.24, 2.45) is 0 Å². The van der Waals surface area contributed by atoms with Gasteiger partial charge in [0, 0.05) is 22.5 Å². The molecule has 0 aromatic heterocycles. The van der Waals surface area contributed by atoms with Gasteiger partial charge in [-0.15, -0.1) is 0 Å². The molecule has 0 saturated heterocycles. The first-order chi connectivity index (χ1) is 15.7. The van der Waals surface area contributed by atoms with Crippen molar-refractivity contribution in [1.29, 1.82) is 0 Å². The van der Waals surface area contributed by atoms with Crippen LogP contribution in [0, 0.1) is 5.82 Å². The summed E-state index contributed by atoms with van der Waals surface area (Å²) in [5.41, 5.74) is 0.715. The van der Waals surface area contributed by atoms with Crippen LogP contribution in [0.15, 0.2) is 82.7 Å². The average Bonchev–Trinajstić information content (AvgIpc) is 2.79. The summed E-state index contributed by atoms with van der Waals surface area (Å²) in [6, 6.07) is 15.2. The molecule has 6 nitrogen and oxygen atoms in total. The number of allylic oxidation sites excluding steroid dienone is 1. The summed E-state index contributed by atoms with van der Waals surface area (Å²) in [4.78, 5) is 26.0. The van der Waals surface area contributed by atoms with E-state index < -0.39 is 32.3 Å². The maximum absolute atomic E-state index is 14.1. The molecule has 0 N–H and O–H groups in total. The Hall–Kier alpha value is -3.49. The molecule has 1 aliphatic heterocycles. The number of hydrogen-bond donors (Lipinski definition) is 0. The summed E-state index contributed by atoms with van der Waals surface area (Å²) < 4.78 is 45.7. The zero-order valence-corrected chi connectivity index (χ0v) is 18.9. The number of hydrogen-bond acceptors (Lipinski definition) is 6. The van der Waals surface area contributed by atoms with Gasteiger partial charge >= 0.3 is 5.97 Å². The van der Waals surface area contributed by atoms with Gasteiger partial charge in [0.1, 0.15) is 10.7 Å². The average molecular weight is 486 g/mol. The van der Waals surface area contributed by atoms with Crippen molar-refractivity contribution in [3.05, 3.63) is 99.8 Å². The molecule has 0 bridgehead atoms. The van der Waals surface area contributed by atoms with Crippen LogP contribution in [0.2, 0.25) is 5.02 Å². The Bertz CT molecular complexity index is 1400. The largest absolute Gasteiger partial charge is 0.462 e. The number of ketones is 1. The first-order valence-corrected chi connectivity index (χ1v) is 11.7. The summed E-state index contributed by atoms with van der Waals surface area (Å²) in [7, 11) is -4.25. The Morgan fingerprint density at radius 2 is 1.73 bits per heavy atom. The summed E-state index contributed by atoms with van der Waals surface area (Å²) >= 11 is 5.88. The summed E-state index contributed by atoms with van der Waals surface area (Å²) in [5, 5.41) is 0.394. The Kier molecular flexibility index (Phi) is 6.05. The van der Waals surface area contributed by atoms with Gasteiger partial charge in [0.2, 0.25) is 15.6 Å². The number of nitrogens with zero attached hydrogens (tertiary/aromatic N) is 1.